The lowest BCUT2D eigenvalue weighted by atomic mass is 10.5. The van der Waals surface area contributed by atoms with E-state index in [0.29, 0.717) is 13.1 Å². The van der Waals surface area contributed by atoms with Crippen LogP contribution in [0.15, 0.2) is 0 Å². The zero-order valence-corrected chi connectivity index (χ0v) is 9.47. The van der Waals surface area contributed by atoms with Crippen molar-refractivity contribution in [2.24, 2.45) is 0 Å². The molecule has 6 amide bonds. The predicted molar refractivity (Wildman–Crippen MR) is 56.6 cm³/mol. The third-order valence-corrected chi connectivity index (χ3v) is 2.55. The van der Waals surface area contributed by atoms with Crippen LogP contribution in [-0.2, 0) is 9.53 Å². The molecule has 0 aromatic carbocycles. The molecular weight excluding hydrogens is 244 g/mol. The Balaban J connectivity index is 1.75. The van der Waals surface area contributed by atoms with Gasteiger partial charge < -0.3 is 15.4 Å². The molecule has 9 heteroatoms. The summed E-state index contributed by atoms with van der Waals surface area (Å²) in [7, 11) is 0. The van der Waals surface area contributed by atoms with Crippen molar-refractivity contribution in [3.8, 4) is 0 Å². The highest BCUT2D eigenvalue weighted by molar-refractivity contribution is 5.98. The molecule has 9 nitrogen and oxygen atoms in total. The number of amides is 6. The number of urea groups is 2. The maximum atomic E-state index is 11.5. The highest BCUT2D eigenvalue weighted by atomic mass is 16.6. The summed E-state index contributed by atoms with van der Waals surface area (Å²) in [6, 6.07) is -1.01. The molecule has 0 unspecified atom stereocenters. The maximum absolute atomic E-state index is 11.5. The molecule has 0 radical (unpaired) electrons. The number of ether oxygens (including phenoxy) is 1. The number of nitrogens with one attached hydrogen (secondary N) is 2. The summed E-state index contributed by atoms with van der Waals surface area (Å²) in [6.07, 6.45) is -0.715. The molecule has 2 rings (SSSR count). The minimum atomic E-state index is -0.715. The Morgan fingerprint density at radius 2 is 2.17 bits per heavy atom. The molecule has 98 valence electrons. The number of carbonyl (C=O) groups is 4. The topological polar surface area (TPSA) is 108 Å². The molecule has 2 N–H and O–H groups in total. The summed E-state index contributed by atoms with van der Waals surface area (Å²) in [5.41, 5.74) is 0. The van der Waals surface area contributed by atoms with Crippen LogP contribution in [-0.4, -0.2) is 66.6 Å². The molecule has 2 heterocycles. The first-order chi connectivity index (χ1) is 8.59. The SMILES string of the molecule is O=C1COC(=O)N1CCNC(=O)N1CCNC1=O. The second-order valence-corrected chi connectivity index (χ2v) is 3.72. The van der Waals surface area contributed by atoms with Gasteiger partial charge in [-0.05, 0) is 0 Å². The molecule has 0 saturated carbocycles. The second-order valence-electron chi connectivity index (χ2n) is 3.72. The first-order valence-corrected chi connectivity index (χ1v) is 5.40. The number of imide groups is 2. The van der Waals surface area contributed by atoms with Gasteiger partial charge in [0.2, 0.25) is 0 Å². The fourth-order valence-corrected chi connectivity index (χ4v) is 1.63. The molecule has 0 spiro atoms. The lowest BCUT2D eigenvalue weighted by Crippen LogP contribution is -2.45. The number of hydrogen-bond acceptors (Lipinski definition) is 5. The average Bonchev–Trinajstić information content (AvgIpc) is 2.89. The number of cyclic esters (lactones) is 1. The van der Waals surface area contributed by atoms with Gasteiger partial charge in [-0.25, -0.2) is 24.2 Å². The third kappa shape index (κ3) is 2.34. The molecule has 2 aliphatic rings. The number of nitrogens with zero attached hydrogens (tertiary/aromatic N) is 2. The average molecular weight is 256 g/mol. The van der Waals surface area contributed by atoms with Crippen molar-refractivity contribution in [2.45, 2.75) is 0 Å². The van der Waals surface area contributed by atoms with Gasteiger partial charge in [-0.3, -0.25) is 4.79 Å². The van der Waals surface area contributed by atoms with Crippen LogP contribution in [0.2, 0.25) is 0 Å². The van der Waals surface area contributed by atoms with Crippen molar-refractivity contribution < 1.29 is 23.9 Å². The summed E-state index contributed by atoms with van der Waals surface area (Å²) < 4.78 is 4.50. The van der Waals surface area contributed by atoms with Crippen molar-refractivity contribution in [2.75, 3.05) is 32.8 Å². The van der Waals surface area contributed by atoms with E-state index in [9.17, 15) is 19.2 Å². The molecule has 18 heavy (non-hydrogen) atoms. The Kier molecular flexibility index (Phi) is 3.31. The van der Waals surface area contributed by atoms with E-state index in [1.54, 1.807) is 0 Å². The van der Waals surface area contributed by atoms with Gasteiger partial charge in [0.15, 0.2) is 6.61 Å². The van der Waals surface area contributed by atoms with E-state index in [4.69, 9.17) is 0 Å². The number of rotatable bonds is 3. The van der Waals surface area contributed by atoms with E-state index < -0.39 is 24.1 Å². The fourth-order valence-electron chi connectivity index (χ4n) is 1.63. The van der Waals surface area contributed by atoms with Crippen LogP contribution < -0.4 is 10.6 Å². The Hall–Kier alpha value is -2.32. The molecule has 0 aromatic heterocycles. The summed E-state index contributed by atoms with van der Waals surface area (Å²) in [6.45, 7) is 0.558. The van der Waals surface area contributed by atoms with Crippen molar-refractivity contribution in [3.63, 3.8) is 0 Å². The summed E-state index contributed by atoms with van der Waals surface area (Å²) >= 11 is 0. The minimum absolute atomic E-state index is 0.0267. The van der Waals surface area contributed by atoms with E-state index in [0.717, 1.165) is 9.80 Å². The number of hydrogen-bond donors (Lipinski definition) is 2. The Morgan fingerprint density at radius 3 is 2.72 bits per heavy atom. The van der Waals surface area contributed by atoms with Crippen LogP contribution in [0.3, 0.4) is 0 Å². The summed E-state index contributed by atoms with van der Waals surface area (Å²) in [4.78, 5) is 46.8. The lowest BCUT2D eigenvalue weighted by molar-refractivity contribution is -0.125. The Labute approximate surface area is 102 Å². The Morgan fingerprint density at radius 1 is 1.39 bits per heavy atom. The highest BCUT2D eigenvalue weighted by Crippen LogP contribution is 2.03. The van der Waals surface area contributed by atoms with E-state index in [2.05, 4.69) is 15.4 Å². The van der Waals surface area contributed by atoms with Crippen LogP contribution in [0.5, 0.6) is 0 Å². The van der Waals surface area contributed by atoms with Crippen molar-refractivity contribution in [1.29, 1.82) is 0 Å². The molecule has 2 fully saturated rings. The predicted octanol–water partition coefficient (Wildman–Crippen LogP) is -1.30. The van der Waals surface area contributed by atoms with Crippen LogP contribution in [0.4, 0.5) is 14.4 Å². The molecule has 0 atom stereocenters. The molecule has 2 saturated heterocycles. The van der Waals surface area contributed by atoms with E-state index in [1.807, 2.05) is 0 Å². The number of carbonyl (C=O) groups excluding carboxylic acids is 4. The van der Waals surface area contributed by atoms with Gasteiger partial charge in [0.05, 0.1) is 0 Å². The normalized spacial score (nSPS) is 19.0. The third-order valence-electron chi connectivity index (χ3n) is 2.55. The first-order valence-electron chi connectivity index (χ1n) is 5.40. The quantitative estimate of drug-likeness (QED) is 0.652. The van der Waals surface area contributed by atoms with Crippen LogP contribution in [0.1, 0.15) is 0 Å². The fraction of sp³-hybridized carbons (Fsp3) is 0.556. The van der Waals surface area contributed by atoms with E-state index in [-0.39, 0.29) is 19.7 Å². The van der Waals surface area contributed by atoms with E-state index in [1.165, 1.54) is 0 Å². The van der Waals surface area contributed by atoms with Crippen molar-refractivity contribution >= 4 is 24.1 Å². The second kappa shape index (κ2) is 4.90. The summed E-state index contributed by atoms with van der Waals surface area (Å²) in [5, 5.41) is 4.93. The van der Waals surface area contributed by atoms with Crippen LogP contribution in [0, 0.1) is 0 Å². The highest BCUT2D eigenvalue weighted by Gasteiger charge is 2.31. The zero-order chi connectivity index (χ0) is 13.1. The van der Waals surface area contributed by atoms with E-state index >= 15 is 0 Å². The van der Waals surface area contributed by atoms with Gasteiger partial charge in [-0.15, -0.1) is 0 Å². The monoisotopic (exact) mass is 256 g/mol. The van der Waals surface area contributed by atoms with Crippen molar-refractivity contribution in [3.05, 3.63) is 0 Å². The van der Waals surface area contributed by atoms with Gasteiger partial charge in [0.25, 0.3) is 5.91 Å². The van der Waals surface area contributed by atoms with Gasteiger partial charge in [0, 0.05) is 26.2 Å². The first kappa shape index (κ1) is 12.1. The standard InChI is InChI=1S/C9H12N4O5/c14-6-5-18-9(17)12(6)3-1-10-7(15)13-4-2-11-8(13)16/h1-5H2,(H,10,15)(H,11,16). The lowest BCUT2D eigenvalue weighted by Gasteiger charge is -2.15. The van der Waals surface area contributed by atoms with Gasteiger partial charge >= 0.3 is 18.2 Å². The molecule has 0 aliphatic carbocycles. The smallest absolute Gasteiger partial charge is 0.417 e. The largest absolute Gasteiger partial charge is 0.439 e. The minimum Gasteiger partial charge on any atom is -0.439 e. The van der Waals surface area contributed by atoms with Crippen LogP contribution >= 0.6 is 0 Å². The molecule has 0 bridgehead atoms. The Bertz CT molecular complexity index is 394. The zero-order valence-electron chi connectivity index (χ0n) is 9.47. The van der Waals surface area contributed by atoms with Crippen LogP contribution in [0.25, 0.3) is 0 Å². The molecule has 2 aliphatic heterocycles. The van der Waals surface area contributed by atoms with Crippen molar-refractivity contribution in [1.82, 2.24) is 20.4 Å². The summed E-state index contributed by atoms with van der Waals surface area (Å²) in [5.74, 6) is -0.437. The maximum Gasteiger partial charge on any atom is 0.417 e. The van der Waals surface area contributed by atoms with Gasteiger partial charge in [0.1, 0.15) is 0 Å². The molecule has 0 aromatic rings. The van der Waals surface area contributed by atoms with Gasteiger partial charge in [-0.2, -0.15) is 0 Å². The van der Waals surface area contributed by atoms with Gasteiger partial charge in [-0.1, -0.05) is 0 Å². The molecular formula is C9H12N4O5.